The summed E-state index contributed by atoms with van der Waals surface area (Å²) < 4.78 is 2.55. The molecule has 0 amide bonds. The van der Waals surface area contributed by atoms with Gasteiger partial charge in [-0.1, -0.05) is 73.7 Å². The highest BCUT2D eigenvalue weighted by atomic mass is 15.0. The molecule has 1 heteroatoms. The van der Waals surface area contributed by atoms with Gasteiger partial charge in [-0.3, -0.25) is 0 Å². The van der Waals surface area contributed by atoms with Gasteiger partial charge in [0.05, 0.1) is 0 Å². The van der Waals surface area contributed by atoms with Gasteiger partial charge in [-0.05, 0) is 66.7 Å². The van der Waals surface area contributed by atoms with E-state index in [1.165, 1.54) is 44.4 Å². The fraction of sp³-hybridized carbons (Fsp3) is 0.214. The molecule has 3 aromatic carbocycles. The van der Waals surface area contributed by atoms with E-state index in [2.05, 4.69) is 110 Å². The number of hydrogen-bond donors (Lipinski definition) is 0. The van der Waals surface area contributed by atoms with E-state index in [9.17, 15) is 0 Å². The third-order valence-corrected chi connectivity index (χ3v) is 6.21. The Hall–Kier alpha value is -3.06. The predicted octanol–water partition coefficient (Wildman–Crippen LogP) is 7.62. The van der Waals surface area contributed by atoms with Gasteiger partial charge in [-0.15, -0.1) is 0 Å². The Kier molecular flexibility index (Phi) is 4.39. The van der Waals surface area contributed by atoms with E-state index < -0.39 is 0 Å². The summed E-state index contributed by atoms with van der Waals surface area (Å²) in [6.07, 6.45) is 3.54. The summed E-state index contributed by atoms with van der Waals surface area (Å²) in [4.78, 5) is 0. The van der Waals surface area contributed by atoms with E-state index in [1.807, 2.05) is 0 Å². The highest BCUT2D eigenvalue weighted by molar-refractivity contribution is 6.00. The Labute approximate surface area is 173 Å². The number of aromatic nitrogens is 1. The largest absolute Gasteiger partial charge is 0.341 e. The summed E-state index contributed by atoms with van der Waals surface area (Å²) >= 11 is 0. The smallest absolute Gasteiger partial charge is 0.0491 e. The molecule has 0 aliphatic heterocycles. The van der Waals surface area contributed by atoms with Crippen LogP contribution < -0.4 is 0 Å². The van der Waals surface area contributed by atoms with E-state index in [1.54, 1.807) is 0 Å². The minimum absolute atomic E-state index is 0.447. The monoisotopic (exact) mass is 377 g/mol. The van der Waals surface area contributed by atoms with E-state index in [-0.39, 0.29) is 0 Å². The molecule has 0 fully saturated rings. The average molecular weight is 378 g/mol. The third kappa shape index (κ3) is 3.02. The molecule has 0 saturated heterocycles. The van der Waals surface area contributed by atoms with Gasteiger partial charge in [0.25, 0.3) is 0 Å². The molecule has 1 heterocycles. The zero-order chi connectivity index (χ0) is 20.0. The first kappa shape index (κ1) is 18.0. The van der Waals surface area contributed by atoms with Crippen molar-refractivity contribution in [1.29, 1.82) is 0 Å². The molecule has 5 rings (SSSR count). The van der Waals surface area contributed by atoms with Gasteiger partial charge in [0.1, 0.15) is 0 Å². The van der Waals surface area contributed by atoms with E-state index >= 15 is 0 Å². The Morgan fingerprint density at radius 2 is 1.45 bits per heavy atom. The lowest BCUT2D eigenvalue weighted by molar-refractivity contribution is 0.571. The number of fused-ring (bicyclic) bond motifs is 3. The van der Waals surface area contributed by atoms with Gasteiger partial charge < -0.3 is 4.57 Å². The molecule has 0 radical (unpaired) electrons. The molecule has 4 aromatic rings. The van der Waals surface area contributed by atoms with Crippen molar-refractivity contribution >= 4 is 22.6 Å². The molecule has 0 N–H and O–H groups in total. The van der Waals surface area contributed by atoms with E-state index in [4.69, 9.17) is 0 Å². The van der Waals surface area contributed by atoms with Crippen LogP contribution in [-0.2, 0) is 6.42 Å². The van der Waals surface area contributed by atoms with Gasteiger partial charge >= 0.3 is 0 Å². The third-order valence-electron chi connectivity index (χ3n) is 6.21. The SMILES string of the molecule is CC1Cc2c(c3cc(-c4ccccc4)ccc3n2C(C)C)C=C1c1ccccc1. The molecule has 0 spiro atoms. The number of nitrogens with zero attached hydrogens (tertiary/aromatic N) is 1. The van der Waals surface area contributed by atoms with Gasteiger partial charge in [0.15, 0.2) is 0 Å². The molecule has 0 bridgehead atoms. The first-order valence-corrected chi connectivity index (χ1v) is 10.6. The van der Waals surface area contributed by atoms with Crippen molar-refractivity contribution in [2.75, 3.05) is 0 Å². The second kappa shape index (κ2) is 7.08. The highest BCUT2D eigenvalue weighted by Gasteiger charge is 2.26. The summed E-state index contributed by atoms with van der Waals surface area (Å²) in [5, 5.41) is 1.37. The zero-order valence-electron chi connectivity index (χ0n) is 17.4. The van der Waals surface area contributed by atoms with Crippen molar-refractivity contribution in [2.45, 2.75) is 33.2 Å². The van der Waals surface area contributed by atoms with Crippen LogP contribution in [-0.4, -0.2) is 4.57 Å². The Morgan fingerprint density at radius 1 is 0.793 bits per heavy atom. The highest BCUT2D eigenvalue weighted by Crippen LogP contribution is 2.41. The topological polar surface area (TPSA) is 4.93 Å². The number of rotatable bonds is 3. The van der Waals surface area contributed by atoms with Crippen molar-refractivity contribution < 1.29 is 0 Å². The zero-order valence-corrected chi connectivity index (χ0v) is 17.4. The Bertz CT molecular complexity index is 1190. The molecule has 1 nitrogen and oxygen atoms in total. The lowest BCUT2D eigenvalue weighted by Crippen LogP contribution is -2.14. The maximum atomic E-state index is 2.55. The van der Waals surface area contributed by atoms with Crippen LogP contribution in [0.1, 0.15) is 43.6 Å². The molecule has 0 saturated carbocycles. The molecule has 1 aliphatic rings. The number of benzene rings is 3. The fourth-order valence-electron chi connectivity index (χ4n) is 4.86. The Morgan fingerprint density at radius 3 is 2.10 bits per heavy atom. The number of hydrogen-bond acceptors (Lipinski definition) is 0. The normalized spacial score (nSPS) is 16.1. The minimum atomic E-state index is 0.447. The van der Waals surface area contributed by atoms with Crippen molar-refractivity contribution in [2.24, 2.45) is 5.92 Å². The van der Waals surface area contributed by atoms with Crippen LogP contribution >= 0.6 is 0 Å². The summed E-state index contributed by atoms with van der Waals surface area (Å²) in [5.41, 5.74) is 9.59. The molecule has 1 atom stereocenters. The van der Waals surface area contributed by atoms with Crippen molar-refractivity contribution in [3.63, 3.8) is 0 Å². The van der Waals surface area contributed by atoms with Gasteiger partial charge in [0, 0.05) is 28.2 Å². The summed E-state index contributed by atoms with van der Waals surface area (Å²) in [5.74, 6) is 0.514. The van der Waals surface area contributed by atoms with Crippen LogP contribution in [0.2, 0.25) is 0 Å². The van der Waals surface area contributed by atoms with Crippen LogP contribution in [0.4, 0.5) is 0 Å². The summed E-state index contributed by atoms with van der Waals surface area (Å²) in [6.45, 7) is 6.96. The molecule has 29 heavy (non-hydrogen) atoms. The average Bonchev–Trinajstić information content (AvgIpc) is 3.07. The van der Waals surface area contributed by atoms with Crippen molar-refractivity contribution in [3.05, 3.63) is 95.7 Å². The predicted molar refractivity (Wildman–Crippen MR) is 125 cm³/mol. The van der Waals surface area contributed by atoms with Crippen LogP contribution in [0, 0.1) is 5.92 Å². The second-order valence-electron chi connectivity index (χ2n) is 8.49. The van der Waals surface area contributed by atoms with Crippen molar-refractivity contribution in [1.82, 2.24) is 4.57 Å². The maximum Gasteiger partial charge on any atom is 0.0491 e. The van der Waals surface area contributed by atoms with Crippen LogP contribution in [0.15, 0.2) is 78.9 Å². The standard InChI is InChI=1S/C28H27N/c1-19(2)29-27-15-14-23(21-10-6-4-7-11-21)17-25(27)26-18-24(20(3)16-28(26)29)22-12-8-5-9-13-22/h4-15,17-20H,16H2,1-3H3. The van der Waals surface area contributed by atoms with Crippen molar-refractivity contribution in [3.8, 4) is 11.1 Å². The van der Waals surface area contributed by atoms with Gasteiger partial charge in [-0.2, -0.15) is 0 Å². The van der Waals surface area contributed by atoms with Gasteiger partial charge in [0.2, 0.25) is 0 Å². The summed E-state index contributed by atoms with van der Waals surface area (Å²) in [7, 11) is 0. The van der Waals surface area contributed by atoms with Gasteiger partial charge in [-0.25, -0.2) is 0 Å². The molecular weight excluding hydrogens is 350 g/mol. The first-order valence-electron chi connectivity index (χ1n) is 10.6. The quantitative estimate of drug-likeness (QED) is 0.346. The first-order chi connectivity index (χ1) is 14.1. The minimum Gasteiger partial charge on any atom is -0.341 e. The number of allylic oxidation sites excluding steroid dienone is 1. The van der Waals surface area contributed by atoms with E-state index in [0.717, 1.165) is 6.42 Å². The molecule has 144 valence electrons. The van der Waals surface area contributed by atoms with E-state index in [0.29, 0.717) is 12.0 Å². The van der Waals surface area contributed by atoms with Crippen LogP contribution in [0.5, 0.6) is 0 Å². The lowest BCUT2D eigenvalue weighted by Gasteiger charge is -2.24. The van der Waals surface area contributed by atoms with Crippen LogP contribution in [0.25, 0.3) is 33.7 Å². The fourth-order valence-corrected chi connectivity index (χ4v) is 4.86. The molecule has 1 unspecified atom stereocenters. The molecular formula is C28H27N. The lowest BCUT2D eigenvalue weighted by atomic mass is 9.83. The maximum absolute atomic E-state index is 2.55. The second-order valence-corrected chi connectivity index (χ2v) is 8.49. The molecule has 1 aromatic heterocycles. The molecule has 1 aliphatic carbocycles. The summed E-state index contributed by atoms with van der Waals surface area (Å²) in [6, 6.07) is 29.0. The Balaban J connectivity index is 1.77. The van der Waals surface area contributed by atoms with Crippen LogP contribution in [0.3, 0.4) is 0 Å².